The van der Waals surface area contributed by atoms with Crippen LogP contribution in [0, 0.1) is 5.92 Å². The van der Waals surface area contributed by atoms with Crippen molar-refractivity contribution in [2.45, 2.75) is 20.3 Å². The highest BCUT2D eigenvalue weighted by molar-refractivity contribution is 6.17. The van der Waals surface area contributed by atoms with Crippen molar-refractivity contribution in [2.24, 2.45) is 5.92 Å². The summed E-state index contributed by atoms with van der Waals surface area (Å²) >= 11 is 5.48. The zero-order valence-corrected chi connectivity index (χ0v) is 9.81. The number of alkyl halides is 1. The zero-order chi connectivity index (χ0) is 10.1. The number of halogens is 1. The molecule has 0 aliphatic carbocycles. The first-order valence-corrected chi connectivity index (χ1v) is 5.52. The molecule has 0 N–H and O–H groups in total. The van der Waals surface area contributed by atoms with E-state index >= 15 is 0 Å². The van der Waals surface area contributed by atoms with Gasteiger partial charge in [0, 0.05) is 12.4 Å². The molecule has 2 nitrogen and oxygen atoms in total. The summed E-state index contributed by atoms with van der Waals surface area (Å²) in [7, 11) is 2.13. The van der Waals surface area contributed by atoms with E-state index in [0.717, 1.165) is 25.6 Å². The van der Waals surface area contributed by atoms with Gasteiger partial charge < -0.3 is 9.64 Å². The predicted octanol–water partition coefficient (Wildman–Crippen LogP) is 2.22. The molecule has 0 amide bonds. The molecule has 80 valence electrons. The molecule has 0 fully saturated rings. The molecule has 0 rings (SSSR count). The minimum absolute atomic E-state index is 0.593. The zero-order valence-electron chi connectivity index (χ0n) is 9.05. The first kappa shape index (κ1) is 13.2. The quantitative estimate of drug-likeness (QED) is 0.447. The number of ether oxygens (including phenoxy) is 1. The van der Waals surface area contributed by atoms with Crippen LogP contribution in [0.4, 0.5) is 0 Å². The van der Waals surface area contributed by atoms with Crippen LogP contribution in [0.2, 0.25) is 0 Å². The minimum atomic E-state index is 0.593. The van der Waals surface area contributed by atoms with Gasteiger partial charge in [0.15, 0.2) is 0 Å². The smallest absolute Gasteiger partial charge is 0.0602 e. The van der Waals surface area contributed by atoms with Crippen molar-refractivity contribution >= 4 is 11.6 Å². The molecule has 0 atom stereocenters. The monoisotopic (exact) mass is 207 g/mol. The standard InChI is InChI=1S/C10H22ClNO/c1-10(2)4-6-12(3)7-9-13-8-5-11/h10H,4-9H2,1-3H3. The van der Waals surface area contributed by atoms with E-state index in [-0.39, 0.29) is 0 Å². The second kappa shape index (κ2) is 8.79. The highest BCUT2D eigenvalue weighted by Crippen LogP contribution is 1.99. The van der Waals surface area contributed by atoms with Crippen molar-refractivity contribution in [1.29, 1.82) is 0 Å². The lowest BCUT2D eigenvalue weighted by Gasteiger charge is -2.17. The number of likely N-dealkylation sites (N-methyl/N-ethyl adjacent to an activating group) is 1. The molecule has 0 aliphatic heterocycles. The van der Waals surface area contributed by atoms with Crippen LogP contribution in [0.25, 0.3) is 0 Å². The predicted molar refractivity (Wildman–Crippen MR) is 58.5 cm³/mol. The lowest BCUT2D eigenvalue weighted by atomic mass is 10.1. The van der Waals surface area contributed by atoms with Gasteiger partial charge in [0.1, 0.15) is 0 Å². The third-order valence-electron chi connectivity index (χ3n) is 1.93. The fraction of sp³-hybridized carbons (Fsp3) is 1.00. The molecule has 0 aromatic rings. The summed E-state index contributed by atoms with van der Waals surface area (Å²) in [6.45, 7) is 8.11. The molecule has 0 radical (unpaired) electrons. The van der Waals surface area contributed by atoms with Gasteiger partial charge in [-0.15, -0.1) is 11.6 Å². The molecule has 0 saturated heterocycles. The fourth-order valence-electron chi connectivity index (χ4n) is 0.967. The van der Waals surface area contributed by atoms with Gasteiger partial charge in [0.2, 0.25) is 0 Å². The van der Waals surface area contributed by atoms with Crippen molar-refractivity contribution in [2.75, 3.05) is 39.2 Å². The van der Waals surface area contributed by atoms with Crippen LogP contribution < -0.4 is 0 Å². The maximum atomic E-state index is 5.48. The molecule has 0 spiro atoms. The summed E-state index contributed by atoms with van der Waals surface area (Å²) in [5.74, 6) is 1.38. The summed E-state index contributed by atoms with van der Waals surface area (Å²) in [4.78, 5) is 2.30. The third-order valence-corrected chi connectivity index (χ3v) is 2.08. The third kappa shape index (κ3) is 10.1. The van der Waals surface area contributed by atoms with Crippen LogP contribution >= 0.6 is 11.6 Å². The van der Waals surface area contributed by atoms with Gasteiger partial charge in [-0.3, -0.25) is 0 Å². The Balaban J connectivity index is 3.15. The van der Waals surface area contributed by atoms with Gasteiger partial charge in [-0.1, -0.05) is 13.8 Å². The summed E-state index contributed by atoms with van der Waals surface area (Å²) in [6, 6.07) is 0. The van der Waals surface area contributed by atoms with Crippen molar-refractivity contribution in [3.05, 3.63) is 0 Å². The Hall–Kier alpha value is 0.210. The van der Waals surface area contributed by atoms with E-state index in [2.05, 4.69) is 25.8 Å². The maximum absolute atomic E-state index is 5.48. The molecule has 0 saturated carbocycles. The maximum Gasteiger partial charge on any atom is 0.0602 e. The summed E-state index contributed by atoms with van der Waals surface area (Å²) < 4.78 is 5.29. The van der Waals surface area contributed by atoms with E-state index in [4.69, 9.17) is 16.3 Å². The fourth-order valence-corrected chi connectivity index (χ4v) is 1.08. The van der Waals surface area contributed by atoms with Gasteiger partial charge in [0.05, 0.1) is 13.2 Å². The Morgan fingerprint density at radius 1 is 1.23 bits per heavy atom. The largest absolute Gasteiger partial charge is 0.379 e. The number of hydrogen-bond acceptors (Lipinski definition) is 2. The molecule has 0 unspecified atom stereocenters. The van der Waals surface area contributed by atoms with Crippen molar-refractivity contribution in [3.8, 4) is 0 Å². The average Bonchev–Trinajstić information content (AvgIpc) is 2.09. The molecular formula is C10H22ClNO. The Kier molecular flexibility index (Phi) is 8.93. The van der Waals surface area contributed by atoms with Gasteiger partial charge in [-0.25, -0.2) is 0 Å². The highest BCUT2D eigenvalue weighted by Gasteiger charge is 1.99. The molecule has 3 heteroatoms. The average molecular weight is 208 g/mol. The Labute approximate surface area is 87.2 Å². The molecule has 0 aromatic carbocycles. The molecule has 0 aliphatic rings. The van der Waals surface area contributed by atoms with E-state index < -0.39 is 0 Å². The Morgan fingerprint density at radius 3 is 2.46 bits per heavy atom. The molecule has 13 heavy (non-hydrogen) atoms. The van der Waals surface area contributed by atoms with Gasteiger partial charge in [-0.05, 0) is 25.9 Å². The van der Waals surface area contributed by atoms with Crippen LogP contribution in [-0.2, 0) is 4.74 Å². The minimum Gasteiger partial charge on any atom is -0.379 e. The first-order valence-electron chi connectivity index (χ1n) is 4.99. The topological polar surface area (TPSA) is 12.5 Å². The van der Waals surface area contributed by atoms with Crippen LogP contribution in [0.15, 0.2) is 0 Å². The van der Waals surface area contributed by atoms with E-state index in [1.807, 2.05) is 0 Å². The summed E-state index contributed by atoms with van der Waals surface area (Å²) in [6.07, 6.45) is 1.26. The Bertz CT molecular complexity index is 109. The van der Waals surface area contributed by atoms with Crippen molar-refractivity contribution < 1.29 is 4.74 Å². The van der Waals surface area contributed by atoms with Crippen molar-refractivity contribution in [1.82, 2.24) is 4.90 Å². The molecule has 0 aromatic heterocycles. The number of rotatable bonds is 8. The second-order valence-corrected chi connectivity index (χ2v) is 4.17. The van der Waals surface area contributed by atoms with Gasteiger partial charge >= 0.3 is 0 Å². The van der Waals surface area contributed by atoms with Crippen LogP contribution in [0.5, 0.6) is 0 Å². The lowest BCUT2D eigenvalue weighted by molar-refractivity contribution is 0.122. The second-order valence-electron chi connectivity index (χ2n) is 3.79. The van der Waals surface area contributed by atoms with E-state index in [1.54, 1.807) is 0 Å². The van der Waals surface area contributed by atoms with Crippen LogP contribution in [-0.4, -0.2) is 44.1 Å². The molecule has 0 heterocycles. The summed E-state index contributed by atoms with van der Waals surface area (Å²) in [5, 5.41) is 0. The van der Waals surface area contributed by atoms with Crippen LogP contribution in [0.3, 0.4) is 0 Å². The lowest BCUT2D eigenvalue weighted by Crippen LogP contribution is -2.25. The van der Waals surface area contributed by atoms with E-state index in [0.29, 0.717) is 12.5 Å². The van der Waals surface area contributed by atoms with E-state index in [9.17, 15) is 0 Å². The van der Waals surface area contributed by atoms with E-state index in [1.165, 1.54) is 6.42 Å². The Morgan fingerprint density at radius 2 is 1.92 bits per heavy atom. The van der Waals surface area contributed by atoms with Crippen LogP contribution in [0.1, 0.15) is 20.3 Å². The summed E-state index contributed by atoms with van der Waals surface area (Å²) in [5.41, 5.74) is 0. The number of hydrogen-bond donors (Lipinski definition) is 0. The SMILES string of the molecule is CC(C)CCN(C)CCOCCCl. The van der Waals surface area contributed by atoms with Gasteiger partial charge in [-0.2, -0.15) is 0 Å². The van der Waals surface area contributed by atoms with Crippen molar-refractivity contribution in [3.63, 3.8) is 0 Å². The van der Waals surface area contributed by atoms with Gasteiger partial charge in [0.25, 0.3) is 0 Å². The molecular weight excluding hydrogens is 186 g/mol. The normalized spacial score (nSPS) is 11.5. The first-order chi connectivity index (χ1) is 6.16. The molecule has 0 bridgehead atoms. The highest BCUT2D eigenvalue weighted by atomic mass is 35.5. The number of nitrogens with zero attached hydrogens (tertiary/aromatic N) is 1.